The minimum Gasteiger partial charge on any atom is -0.378 e. The third-order valence-corrected chi connectivity index (χ3v) is 7.35. The molecule has 5 aliphatic rings. The molecule has 31 heavy (non-hydrogen) atoms. The van der Waals surface area contributed by atoms with Crippen LogP contribution in [0.5, 0.6) is 0 Å². The van der Waals surface area contributed by atoms with Crippen LogP contribution in [0.2, 0.25) is 0 Å². The third kappa shape index (κ3) is 3.99. The van der Waals surface area contributed by atoms with E-state index in [0.29, 0.717) is 38.5 Å². The van der Waals surface area contributed by atoms with Gasteiger partial charge in [-0.2, -0.15) is 13.2 Å². The third-order valence-electron chi connectivity index (χ3n) is 7.35. The molecule has 4 saturated carbocycles. The number of aromatic nitrogens is 2. The van der Waals surface area contributed by atoms with Gasteiger partial charge in [0.25, 0.3) is 5.91 Å². The number of ether oxygens (including phenoxy) is 1. The summed E-state index contributed by atoms with van der Waals surface area (Å²) in [5.74, 6) is -0.417. The van der Waals surface area contributed by atoms with Crippen molar-refractivity contribution in [2.24, 2.45) is 11.8 Å². The number of anilines is 1. The Morgan fingerprint density at radius 3 is 2.45 bits per heavy atom. The second-order valence-electron chi connectivity index (χ2n) is 9.70. The molecule has 0 spiro atoms. The van der Waals surface area contributed by atoms with E-state index in [0.717, 1.165) is 12.6 Å². The van der Waals surface area contributed by atoms with Crippen LogP contribution in [-0.2, 0) is 10.9 Å². The van der Waals surface area contributed by atoms with Gasteiger partial charge in [0.2, 0.25) is 5.95 Å². The molecular weight excluding hydrogens is 416 g/mol. The summed E-state index contributed by atoms with van der Waals surface area (Å²) in [7, 11) is 0. The minimum atomic E-state index is -4.79. The van der Waals surface area contributed by atoms with E-state index in [-0.39, 0.29) is 44.1 Å². The highest BCUT2D eigenvalue weighted by Crippen LogP contribution is 2.56. The number of alkyl halides is 4. The molecule has 10 heteroatoms. The molecule has 6 nitrogen and oxygen atoms in total. The van der Waals surface area contributed by atoms with E-state index >= 15 is 4.39 Å². The number of nitrogens with zero attached hydrogens (tertiary/aromatic N) is 3. The average molecular weight is 442 g/mol. The van der Waals surface area contributed by atoms with Crippen LogP contribution in [0.4, 0.5) is 23.5 Å². The number of rotatable bonds is 3. The fourth-order valence-corrected chi connectivity index (χ4v) is 6.28. The number of carbonyl (C=O) groups is 1. The average Bonchev–Trinajstić information content (AvgIpc) is 2.87. The number of morpholine rings is 1. The fourth-order valence-electron chi connectivity index (χ4n) is 6.28. The lowest BCUT2D eigenvalue weighted by Crippen LogP contribution is -2.47. The van der Waals surface area contributed by atoms with Gasteiger partial charge >= 0.3 is 6.18 Å². The summed E-state index contributed by atoms with van der Waals surface area (Å²) < 4.78 is 61.7. The van der Waals surface area contributed by atoms with Gasteiger partial charge in [0.1, 0.15) is 5.67 Å². The van der Waals surface area contributed by atoms with Crippen molar-refractivity contribution in [2.75, 3.05) is 31.6 Å². The zero-order valence-corrected chi connectivity index (χ0v) is 17.2. The highest BCUT2D eigenvalue weighted by atomic mass is 19.4. The molecule has 5 fully saturated rings. The summed E-state index contributed by atoms with van der Waals surface area (Å²) in [5, 5.41) is 3.16. The molecule has 0 aromatic carbocycles. The molecule has 1 aromatic heterocycles. The van der Waals surface area contributed by atoms with Gasteiger partial charge in [-0.1, -0.05) is 0 Å². The molecule has 0 radical (unpaired) electrons. The fraction of sp³-hybridized carbons (Fsp3) is 0.762. The van der Waals surface area contributed by atoms with Crippen molar-refractivity contribution in [3.8, 4) is 0 Å². The Morgan fingerprint density at radius 2 is 1.81 bits per heavy atom. The first-order chi connectivity index (χ1) is 14.6. The highest BCUT2D eigenvalue weighted by Gasteiger charge is 2.54. The van der Waals surface area contributed by atoms with E-state index < -0.39 is 34.5 Å². The summed E-state index contributed by atoms with van der Waals surface area (Å²) in [6, 6.07) is 0. The molecular formula is C21H26F4N4O2. The normalized spacial score (nSPS) is 35.2. The molecule has 2 atom stereocenters. The zero-order valence-electron chi connectivity index (χ0n) is 17.2. The van der Waals surface area contributed by atoms with E-state index in [1.807, 2.05) is 0 Å². The predicted molar refractivity (Wildman–Crippen MR) is 103 cm³/mol. The van der Waals surface area contributed by atoms with Crippen LogP contribution >= 0.6 is 0 Å². The van der Waals surface area contributed by atoms with Crippen LogP contribution in [0.1, 0.15) is 61.0 Å². The zero-order chi connectivity index (χ0) is 21.9. The molecule has 1 aliphatic heterocycles. The largest absolute Gasteiger partial charge is 0.434 e. The van der Waals surface area contributed by atoms with Gasteiger partial charge in [-0.05, 0) is 56.8 Å². The summed E-state index contributed by atoms with van der Waals surface area (Å²) in [6.07, 6.45) is 0.628. The molecule has 1 saturated heterocycles. The first kappa shape index (κ1) is 20.9. The van der Waals surface area contributed by atoms with Crippen molar-refractivity contribution in [1.29, 1.82) is 0 Å². The van der Waals surface area contributed by atoms with Crippen LogP contribution in [0.15, 0.2) is 6.20 Å². The summed E-state index contributed by atoms with van der Waals surface area (Å²) in [6.45, 7) is 1.03. The number of amides is 1. The molecule has 1 amide bonds. The monoisotopic (exact) mass is 442 g/mol. The lowest BCUT2D eigenvalue weighted by molar-refractivity contribution is -0.141. The highest BCUT2D eigenvalue weighted by molar-refractivity contribution is 5.95. The standard InChI is InChI=1S/C21H26F4N4O2/c22-19-1-2-20(10-13(8-19)7-14(9-19)11-20)28-18-26-12-15(16(27-18)21(23,24)25)17(30)29-3-5-31-6-4-29/h12-14H,1-11H2,(H,26,27,28). The van der Waals surface area contributed by atoms with Crippen molar-refractivity contribution >= 4 is 11.9 Å². The van der Waals surface area contributed by atoms with Gasteiger partial charge in [0.05, 0.1) is 18.8 Å². The lowest BCUT2D eigenvalue weighted by atomic mass is 9.64. The smallest absolute Gasteiger partial charge is 0.378 e. The second-order valence-corrected chi connectivity index (χ2v) is 9.70. The Balaban J connectivity index is 1.43. The van der Waals surface area contributed by atoms with Crippen molar-refractivity contribution in [3.05, 3.63) is 17.5 Å². The van der Waals surface area contributed by atoms with Gasteiger partial charge in [0, 0.05) is 24.8 Å². The Hall–Kier alpha value is -1.97. The molecule has 170 valence electrons. The van der Waals surface area contributed by atoms with Crippen molar-refractivity contribution < 1.29 is 27.1 Å². The first-order valence-electron chi connectivity index (χ1n) is 10.9. The van der Waals surface area contributed by atoms with Gasteiger partial charge in [0.15, 0.2) is 5.69 Å². The van der Waals surface area contributed by atoms with Crippen LogP contribution in [0.3, 0.4) is 0 Å². The van der Waals surface area contributed by atoms with Gasteiger partial charge in [-0.3, -0.25) is 4.79 Å². The molecule has 2 unspecified atom stereocenters. The summed E-state index contributed by atoms with van der Waals surface area (Å²) in [5.41, 5.74) is -3.42. The van der Waals surface area contributed by atoms with E-state index in [1.54, 1.807) is 0 Å². The Kier molecular flexibility index (Phi) is 4.91. The van der Waals surface area contributed by atoms with E-state index in [2.05, 4.69) is 15.3 Å². The molecule has 4 aliphatic carbocycles. The second kappa shape index (κ2) is 7.28. The topological polar surface area (TPSA) is 67.4 Å². The number of hydrogen-bond donors (Lipinski definition) is 1. The van der Waals surface area contributed by atoms with Gasteiger partial charge in [-0.15, -0.1) is 0 Å². The molecule has 6 rings (SSSR count). The summed E-state index contributed by atoms with van der Waals surface area (Å²) >= 11 is 0. The van der Waals surface area contributed by atoms with E-state index in [1.165, 1.54) is 4.90 Å². The quantitative estimate of drug-likeness (QED) is 0.721. The van der Waals surface area contributed by atoms with Crippen molar-refractivity contribution in [1.82, 2.24) is 14.9 Å². The van der Waals surface area contributed by atoms with Crippen LogP contribution in [0.25, 0.3) is 0 Å². The molecule has 1 N–H and O–H groups in total. The van der Waals surface area contributed by atoms with Gasteiger partial charge < -0.3 is 15.0 Å². The Morgan fingerprint density at radius 1 is 1.13 bits per heavy atom. The Bertz CT molecular complexity index is 857. The van der Waals surface area contributed by atoms with Crippen LogP contribution in [0, 0.1) is 11.8 Å². The number of halogens is 4. The predicted octanol–water partition coefficient (Wildman–Crippen LogP) is 3.83. The van der Waals surface area contributed by atoms with E-state index in [9.17, 15) is 18.0 Å². The SMILES string of the molecule is O=C(c1cnc(NC23CCC4(F)CC(CC(C4)C2)C3)nc1C(F)(F)F)N1CCOCC1. The molecule has 4 bridgehead atoms. The van der Waals surface area contributed by atoms with Crippen molar-refractivity contribution in [2.45, 2.75) is 62.3 Å². The maximum atomic E-state index is 15.1. The Labute approximate surface area is 177 Å². The van der Waals surface area contributed by atoms with Gasteiger partial charge in [-0.25, -0.2) is 14.4 Å². The number of carbonyl (C=O) groups excluding carboxylic acids is 1. The van der Waals surface area contributed by atoms with Crippen LogP contribution in [-0.4, -0.2) is 58.3 Å². The van der Waals surface area contributed by atoms with E-state index in [4.69, 9.17) is 4.74 Å². The maximum absolute atomic E-state index is 15.1. The number of fused-ring (bicyclic) bond motifs is 1. The summed E-state index contributed by atoms with van der Waals surface area (Å²) in [4.78, 5) is 21.9. The minimum absolute atomic E-state index is 0.140. The maximum Gasteiger partial charge on any atom is 0.434 e. The lowest BCUT2D eigenvalue weighted by Gasteiger charge is -2.46. The van der Waals surface area contributed by atoms with Crippen LogP contribution < -0.4 is 5.32 Å². The molecule has 2 heterocycles. The van der Waals surface area contributed by atoms with Crippen molar-refractivity contribution in [3.63, 3.8) is 0 Å². The number of nitrogens with one attached hydrogen (secondary N) is 1. The first-order valence-corrected chi connectivity index (χ1v) is 10.9. The molecule has 1 aromatic rings. The number of hydrogen-bond acceptors (Lipinski definition) is 5.